The summed E-state index contributed by atoms with van der Waals surface area (Å²) in [6.07, 6.45) is 6.18. The van der Waals surface area contributed by atoms with Gasteiger partial charge in [0.1, 0.15) is 5.82 Å². The Kier molecular flexibility index (Phi) is 3.66. The average Bonchev–Trinajstić information content (AvgIpc) is 2.33. The van der Waals surface area contributed by atoms with Crippen LogP contribution in [0.2, 0.25) is 5.15 Å². The lowest BCUT2D eigenvalue weighted by molar-refractivity contribution is 0.418. The van der Waals surface area contributed by atoms with Crippen molar-refractivity contribution < 1.29 is 0 Å². The third-order valence-corrected chi connectivity index (χ3v) is 4.26. The van der Waals surface area contributed by atoms with Crippen molar-refractivity contribution in [3.8, 4) is 0 Å². The van der Waals surface area contributed by atoms with E-state index in [4.69, 9.17) is 11.6 Å². The highest BCUT2D eigenvalue weighted by atomic mass is 35.5. The molecule has 0 spiro atoms. The number of rotatable bonds is 3. The Balaban J connectivity index is 1.71. The zero-order chi connectivity index (χ0) is 12.4. The van der Waals surface area contributed by atoms with Crippen molar-refractivity contribution in [3.05, 3.63) is 16.8 Å². The van der Waals surface area contributed by atoms with E-state index in [9.17, 15) is 0 Å². The minimum Gasteiger partial charge on any atom is -0.365 e. The molecule has 0 radical (unpaired) electrons. The molecule has 5 heteroatoms. The summed E-state index contributed by atoms with van der Waals surface area (Å²) < 4.78 is 0. The minimum atomic E-state index is 0.462. The van der Waals surface area contributed by atoms with Gasteiger partial charge in [-0.05, 0) is 49.8 Å². The van der Waals surface area contributed by atoms with Gasteiger partial charge >= 0.3 is 0 Å². The third-order valence-electron chi connectivity index (χ3n) is 3.97. The lowest BCUT2D eigenvalue weighted by atomic mass is 9.81. The molecule has 1 saturated heterocycles. The third kappa shape index (κ3) is 2.59. The van der Waals surface area contributed by atoms with Crippen LogP contribution in [0.3, 0.4) is 0 Å². The van der Waals surface area contributed by atoms with Crippen LogP contribution in [0.1, 0.15) is 43.6 Å². The molecule has 0 amide bonds. The van der Waals surface area contributed by atoms with Crippen molar-refractivity contribution in [1.82, 2.24) is 15.5 Å². The van der Waals surface area contributed by atoms with Crippen molar-refractivity contribution in [2.24, 2.45) is 0 Å². The fraction of sp³-hybridized carbons (Fsp3) is 0.692. The van der Waals surface area contributed by atoms with Crippen LogP contribution in [0, 0.1) is 0 Å². The van der Waals surface area contributed by atoms with Gasteiger partial charge in [0.15, 0.2) is 5.15 Å². The molecule has 2 fully saturated rings. The molecule has 1 aliphatic heterocycles. The van der Waals surface area contributed by atoms with E-state index in [0.717, 1.165) is 18.9 Å². The van der Waals surface area contributed by atoms with Crippen molar-refractivity contribution in [2.45, 2.75) is 44.1 Å². The van der Waals surface area contributed by atoms with Gasteiger partial charge in [0, 0.05) is 12.6 Å². The number of hydrogen-bond donors (Lipinski definition) is 2. The van der Waals surface area contributed by atoms with Gasteiger partial charge in [0.25, 0.3) is 0 Å². The van der Waals surface area contributed by atoms with E-state index in [0.29, 0.717) is 17.1 Å². The van der Waals surface area contributed by atoms with E-state index >= 15 is 0 Å². The van der Waals surface area contributed by atoms with Gasteiger partial charge in [-0.3, -0.25) is 0 Å². The lowest BCUT2D eigenvalue weighted by Crippen LogP contribution is -2.38. The molecule has 4 nitrogen and oxygen atoms in total. The molecule has 3 rings (SSSR count). The average molecular weight is 267 g/mol. The number of nitrogens with zero attached hydrogens (tertiary/aromatic N) is 2. The molecule has 98 valence electrons. The molecule has 2 N–H and O–H groups in total. The van der Waals surface area contributed by atoms with Crippen molar-refractivity contribution in [2.75, 3.05) is 18.4 Å². The summed E-state index contributed by atoms with van der Waals surface area (Å²) in [6.45, 7) is 2.13. The van der Waals surface area contributed by atoms with Crippen molar-refractivity contribution in [3.63, 3.8) is 0 Å². The molecule has 1 aromatic heterocycles. The van der Waals surface area contributed by atoms with Crippen LogP contribution in [0.25, 0.3) is 0 Å². The van der Waals surface area contributed by atoms with Crippen LogP contribution in [0.4, 0.5) is 5.82 Å². The van der Waals surface area contributed by atoms with Crippen LogP contribution in [0.5, 0.6) is 0 Å². The standard InChI is InChI=1S/C13H19ClN4/c14-13-11(9-3-1-4-9)7-12(17-18-13)16-10-5-2-6-15-8-10/h7,9-10,15H,1-6,8H2,(H,16,17)/t10-/m1/s1. The number of aromatic nitrogens is 2. The second kappa shape index (κ2) is 5.41. The highest BCUT2D eigenvalue weighted by Crippen LogP contribution is 2.39. The summed E-state index contributed by atoms with van der Waals surface area (Å²) in [4.78, 5) is 0. The molecule has 1 aliphatic carbocycles. The van der Waals surface area contributed by atoms with E-state index in [1.165, 1.54) is 37.7 Å². The van der Waals surface area contributed by atoms with Crippen LogP contribution < -0.4 is 10.6 Å². The van der Waals surface area contributed by atoms with E-state index in [1.54, 1.807) is 0 Å². The second-order valence-corrected chi connectivity index (χ2v) is 5.65. The van der Waals surface area contributed by atoms with Crippen molar-refractivity contribution >= 4 is 17.4 Å². The minimum absolute atomic E-state index is 0.462. The Morgan fingerprint density at radius 3 is 2.78 bits per heavy atom. The molecule has 0 aromatic carbocycles. The van der Waals surface area contributed by atoms with E-state index in [-0.39, 0.29) is 0 Å². The number of hydrogen-bond acceptors (Lipinski definition) is 4. The van der Waals surface area contributed by atoms with Gasteiger partial charge in [-0.1, -0.05) is 18.0 Å². The molecular weight excluding hydrogens is 248 g/mol. The SMILES string of the molecule is Clc1nnc(N[C@@H]2CCCNC2)cc1C1CCC1. The largest absolute Gasteiger partial charge is 0.365 e. The quantitative estimate of drug-likeness (QED) is 0.883. The Labute approximate surface area is 113 Å². The maximum Gasteiger partial charge on any atom is 0.155 e. The molecule has 2 aliphatic rings. The highest BCUT2D eigenvalue weighted by Gasteiger charge is 2.23. The first-order valence-corrected chi connectivity index (χ1v) is 7.21. The molecule has 0 unspecified atom stereocenters. The molecule has 1 aromatic rings. The summed E-state index contributed by atoms with van der Waals surface area (Å²) in [5.41, 5.74) is 1.17. The van der Waals surface area contributed by atoms with Gasteiger partial charge in [0.05, 0.1) is 0 Å². The number of nitrogens with one attached hydrogen (secondary N) is 2. The summed E-state index contributed by atoms with van der Waals surface area (Å²) in [7, 11) is 0. The molecule has 1 saturated carbocycles. The molecule has 0 bridgehead atoms. The van der Waals surface area contributed by atoms with Gasteiger partial charge in [-0.25, -0.2) is 0 Å². The highest BCUT2D eigenvalue weighted by molar-refractivity contribution is 6.30. The molecule has 18 heavy (non-hydrogen) atoms. The normalized spacial score (nSPS) is 24.6. The van der Waals surface area contributed by atoms with Crippen LogP contribution in [-0.2, 0) is 0 Å². The molecule has 2 heterocycles. The first-order chi connectivity index (χ1) is 8.83. The van der Waals surface area contributed by atoms with Crippen LogP contribution in [-0.4, -0.2) is 29.3 Å². The van der Waals surface area contributed by atoms with Crippen LogP contribution >= 0.6 is 11.6 Å². The van der Waals surface area contributed by atoms with Gasteiger partial charge in [-0.15, -0.1) is 10.2 Å². The van der Waals surface area contributed by atoms with Gasteiger partial charge in [-0.2, -0.15) is 0 Å². The maximum absolute atomic E-state index is 6.13. The lowest BCUT2D eigenvalue weighted by Gasteiger charge is -2.27. The molecular formula is C13H19ClN4. The molecule has 1 atom stereocenters. The zero-order valence-electron chi connectivity index (χ0n) is 10.5. The Hall–Kier alpha value is -0.870. The topological polar surface area (TPSA) is 49.8 Å². The Bertz CT molecular complexity index is 413. The van der Waals surface area contributed by atoms with Gasteiger partial charge in [0.2, 0.25) is 0 Å². The summed E-state index contributed by atoms with van der Waals surface area (Å²) >= 11 is 6.13. The van der Waals surface area contributed by atoms with E-state index in [1.807, 2.05) is 0 Å². The van der Waals surface area contributed by atoms with E-state index in [2.05, 4.69) is 26.9 Å². The van der Waals surface area contributed by atoms with E-state index < -0.39 is 0 Å². The Morgan fingerprint density at radius 2 is 2.11 bits per heavy atom. The monoisotopic (exact) mass is 266 g/mol. The number of halogens is 1. The summed E-state index contributed by atoms with van der Waals surface area (Å²) in [5.74, 6) is 1.47. The Morgan fingerprint density at radius 1 is 1.22 bits per heavy atom. The maximum atomic E-state index is 6.13. The smallest absolute Gasteiger partial charge is 0.155 e. The van der Waals surface area contributed by atoms with Crippen molar-refractivity contribution in [1.29, 1.82) is 0 Å². The first kappa shape index (κ1) is 12.2. The number of piperidine rings is 1. The van der Waals surface area contributed by atoms with Crippen LogP contribution in [0.15, 0.2) is 6.07 Å². The van der Waals surface area contributed by atoms with Gasteiger partial charge < -0.3 is 10.6 Å². The summed E-state index contributed by atoms with van der Waals surface area (Å²) in [5, 5.41) is 15.7. The predicted octanol–water partition coefficient (Wildman–Crippen LogP) is 2.56. The first-order valence-electron chi connectivity index (χ1n) is 6.83. The zero-order valence-corrected chi connectivity index (χ0v) is 11.2. The summed E-state index contributed by atoms with van der Waals surface area (Å²) in [6, 6.07) is 2.55. The second-order valence-electron chi connectivity index (χ2n) is 5.29. The number of anilines is 1. The predicted molar refractivity (Wildman–Crippen MR) is 73.1 cm³/mol. The fourth-order valence-corrected chi connectivity index (χ4v) is 2.90. The fourth-order valence-electron chi connectivity index (χ4n) is 2.65.